The fourth-order valence-electron chi connectivity index (χ4n) is 11.3. The zero-order chi connectivity index (χ0) is 58.2. The first kappa shape index (κ1) is 62.8. The number of ether oxygens (including phenoxy) is 8. The Balaban J connectivity index is 0.828. The summed E-state index contributed by atoms with van der Waals surface area (Å²) in [5, 5.41) is 65.2. The third kappa shape index (κ3) is 19.1. The van der Waals surface area contributed by atoms with Gasteiger partial charge in [0.25, 0.3) is 0 Å². The van der Waals surface area contributed by atoms with E-state index in [1.165, 1.54) is 24.3 Å². The van der Waals surface area contributed by atoms with Gasteiger partial charge in [0.15, 0.2) is 25.2 Å². The van der Waals surface area contributed by atoms with Crippen LogP contribution < -0.4 is 15.8 Å². The fourth-order valence-corrected chi connectivity index (χ4v) is 11.8. The molecule has 4 saturated heterocycles. The summed E-state index contributed by atoms with van der Waals surface area (Å²) in [4.78, 5) is 25.7. The Labute approximate surface area is 480 Å². The van der Waals surface area contributed by atoms with Gasteiger partial charge in [-0.25, -0.2) is 13.6 Å². The highest BCUT2D eigenvalue weighted by Gasteiger charge is 2.37. The predicted octanol–water partition coefficient (Wildman–Crippen LogP) is 8.85. The number of sulfonamides is 1. The van der Waals surface area contributed by atoms with Crippen LogP contribution in [0.3, 0.4) is 0 Å². The maximum atomic E-state index is 13.1. The first-order valence-electron chi connectivity index (χ1n) is 29.1. The van der Waals surface area contributed by atoms with Crippen molar-refractivity contribution in [2.24, 2.45) is 5.14 Å². The molecule has 0 radical (unpaired) electrons. The zero-order valence-electron chi connectivity index (χ0n) is 46.9. The van der Waals surface area contributed by atoms with Gasteiger partial charge in [-0.2, -0.15) is 0 Å². The molecule has 4 fully saturated rings. The Morgan fingerprint density at radius 2 is 0.963 bits per heavy atom. The number of anilines is 1. The molecule has 21 heteroatoms. The van der Waals surface area contributed by atoms with Crippen molar-refractivity contribution in [2.75, 3.05) is 11.9 Å². The third-order valence-electron chi connectivity index (χ3n) is 15.6. The van der Waals surface area contributed by atoms with Gasteiger partial charge in [0.1, 0.15) is 17.2 Å². The number of carbonyl (C=O) groups excluding carboxylic acids is 2. The highest BCUT2D eigenvalue weighted by molar-refractivity contribution is 7.89. The molecule has 4 aliphatic rings. The normalized spacial score (nSPS) is 27.7. The van der Waals surface area contributed by atoms with Gasteiger partial charge in [0, 0.05) is 54.5 Å². The minimum absolute atomic E-state index is 0.00631. The largest absolute Gasteiger partial charge is 0.507 e. The molecule has 0 spiro atoms. The lowest BCUT2D eigenvalue weighted by molar-refractivity contribution is -0.253. The molecule has 0 aromatic heterocycles. The molecule has 8 rings (SSSR count). The molecule has 4 aliphatic heterocycles. The smallest absolute Gasteiger partial charge is 0.238 e. The van der Waals surface area contributed by atoms with E-state index >= 15 is 0 Å². The summed E-state index contributed by atoms with van der Waals surface area (Å²) in [5.74, 6) is -0.568. The van der Waals surface area contributed by atoms with Crippen molar-refractivity contribution in [2.45, 2.75) is 221 Å². The van der Waals surface area contributed by atoms with E-state index in [2.05, 4.69) is 17.6 Å². The Bertz CT molecular complexity index is 2760. The SMILES string of the molecule is CCC1CC(CCCC2CC(CC(O)CCCC3CC(CCCC(O)CC4CC(C)OC(c5ccccc5O)O4)OC(c4ccccc4O)O3)OC(CNC(=O)CCC(=O)Nc3ccc(S(N)(=O)=O)cc3)O2)OC(c2ccccc2O)O1. The number of rotatable bonds is 27. The van der Waals surface area contributed by atoms with E-state index in [0.29, 0.717) is 112 Å². The van der Waals surface area contributed by atoms with E-state index in [1.54, 1.807) is 54.6 Å². The third-order valence-corrected chi connectivity index (χ3v) is 16.5. The van der Waals surface area contributed by atoms with Crippen LogP contribution >= 0.6 is 0 Å². The van der Waals surface area contributed by atoms with Crippen molar-refractivity contribution in [3.05, 3.63) is 114 Å². The van der Waals surface area contributed by atoms with E-state index in [9.17, 15) is 43.5 Å². The first-order chi connectivity index (χ1) is 39.4. The number of benzene rings is 4. The average Bonchev–Trinajstić information content (AvgIpc) is 3.47. The van der Waals surface area contributed by atoms with E-state index in [-0.39, 0.29) is 84.3 Å². The summed E-state index contributed by atoms with van der Waals surface area (Å²) in [6, 6.07) is 26.3. The minimum atomic E-state index is -3.90. The van der Waals surface area contributed by atoms with Crippen LogP contribution in [0.4, 0.5) is 5.69 Å². The molecule has 450 valence electrons. The van der Waals surface area contributed by atoms with Gasteiger partial charge >= 0.3 is 0 Å². The second-order valence-electron chi connectivity index (χ2n) is 22.2. The summed E-state index contributed by atoms with van der Waals surface area (Å²) < 4.78 is 73.8. The number of phenols is 3. The molecule has 0 bridgehead atoms. The summed E-state index contributed by atoms with van der Waals surface area (Å²) in [5.41, 5.74) is 2.02. The van der Waals surface area contributed by atoms with Gasteiger partial charge < -0.3 is 74.1 Å². The van der Waals surface area contributed by atoms with Crippen LogP contribution in [0, 0.1) is 0 Å². The molecule has 0 saturated carbocycles. The molecule has 14 unspecified atom stereocenters. The van der Waals surface area contributed by atoms with Crippen molar-refractivity contribution in [3.8, 4) is 17.2 Å². The van der Waals surface area contributed by atoms with Crippen LogP contribution in [-0.2, 0) is 57.5 Å². The second kappa shape index (κ2) is 30.5. The zero-order valence-corrected chi connectivity index (χ0v) is 47.7. The number of nitrogens with one attached hydrogen (secondary N) is 2. The topological polar surface area (TPSA) is 293 Å². The number of amides is 2. The van der Waals surface area contributed by atoms with Crippen molar-refractivity contribution < 1.29 is 81.4 Å². The molecule has 9 N–H and O–H groups in total. The molecule has 2 amide bonds. The molecule has 4 aromatic rings. The maximum Gasteiger partial charge on any atom is 0.238 e. The van der Waals surface area contributed by atoms with Gasteiger partial charge in [0.05, 0.1) is 72.5 Å². The molecular formula is C61H83N3O17S. The number of aliphatic hydroxyl groups excluding tert-OH is 2. The quantitative estimate of drug-likeness (QED) is 0.0276. The number of aliphatic hydroxyl groups is 2. The number of para-hydroxylation sites is 3. The van der Waals surface area contributed by atoms with E-state index in [4.69, 9.17) is 43.0 Å². The molecule has 0 aliphatic carbocycles. The Hall–Kier alpha value is -5.27. The van der Waals surface area contributed by atoms with Gasteiger partial charge in [0.2, 0.25) is 21.8 Å². The first-order valence-corrected chi connectivity index (χ1v) is 30.6. The summed E-state index contributed by atoms with van der Waals surface area (Å²) in [6.07, 6.45) is 3.26. The van der Waals surface area contributed by atoms with Crippen LogP contribution in [0.5, 0.6) is 17.2 Å². The van der Waals surface area contributed by atoms with Gasteiger partial charge in [-0.1, -0.05) is 61.5 Å². The summed E-state index contributed by atoms with van der Waals surface area (Å²) in [7, 11) is -3.90. The number of hydrogen-bond acceptors (Lipinski definition) is 17. The van der Waals surface area contributed by atoms with Crippen LogP contribution in [0.1, 0.15) is 165 Å². The van der Waals surface area contributed by atoms with E-state index in [0.717, 1.165) is 12.8 Å². The van der Waals surface area contributed by atoms with Crippen molar-refractivity contribution in [1.82, 2.24) is 5.32 Å². The molecule has 4 heterocycles. The van der Waals surface area contributed by atoms with E-state index < -0.39 is 65.3 Å². The Morgan fingerprint density at radius 1 is 0.549 bits per heavy atom. The summed E-state index contributed by atoms with van der Waals surface area (Å²) in [6.45, 7) is 4.03. The average molecular weight is 1160 g/mol. The minimum Gasteiger partial charge on any atom is -0.507 e. The molecule has 82 heavy (non-hydrogen) atoms. The van der Waals surface area contributed by atoms with Gasteiger partial charge in [-0.15, -0.1) is 0 Å². The van der Waals surface area contributed by atoms with Gasteiger partial charge in [-0.3, -0.25) is 9.59 Å². The number of primary sulfonamides is 1. The Morgan fingerprint density at radius 3 is 1.48 bits per heavy atom. The fraction of sp³-hybridized carbons (Fsp3) is 0.574. The standard InChI is InChI=1S/C61H83N3O17S/c1-3-42-34-44(78-60(77-42)51-20-5-8-23-54(51)68)18-12-17-43-36-48(76-58(75-43)37-63-56(70)29-30-57(71)64-39-25-27-49(28-26-39)82(62,72)73)33-41(66)14-11-16-46-35-45(79-61(80-46)52-21-6-9-24-55(52)69)15-10-13-40(65)32-47-31-38(2)74-59(81-47)50-19-4-7-22-53(50)67/h4-9,19-28,38,40-48,58-61,65-69H,3,10-18,29-37H2,1-2H3,(H,63,70)(H,64,71)(H2,62,72,73). The van der Waals surface area contributed by atoms with Crippen molar-refractivity contribution in [1.29, 1.82) is 0 Å². The molecule has 14 atom stereocenters. The monoisotopic (exact) mass is 1160 g/mol. The van der Waals surface area contributed by atoms with Gasteiger partial charge in [-0.05, 0) is 133 Å². The van der Waals surface area contributed by atoms with Crippen LogP contribution in [0.2, 0.25) is 0 Å². The van der Waals surface area contributed by atoms with Crippen LogP contribution in [0.15, 0.2) is 102 Å². The molecule has 20 nitrogen and oxygen atoms in total. The van der Waals surface area contributed by atoms with Crippen molar-refractivity contribution in [3.63, 3.8) is 0 Å². The highest BCUT2D eigenvalue weighted by atomic mass is 32.2. The number of phenolic OH excluding ortho intramolecular Hbond substituents is 3. The lowest BCUT2D eigenvalue weighted by Gasteiger charge is -2.38. The number of nitrogens with two attached hydrogens (primary N) is 1. The van der Waals surface area contributed by atoms with E-state index in [1.807, 2.05) is 25.1 Å². The molecule has 4 aromatic carbocycles. The van der Waals surface area contributed by atoms with Crippen LogP contribution in [-0.4, -0.2) is 120 Å². The lowest BCUT2D eigenvalue weighted by Crippen LogP contribution is -2.45. The van der Waals surface area contributed by atoms with Crippen LogP contribution in [0.25, 0.3) is 0 Å². The Kier molecular flexibility index (Phi) is 23.4. The van der Waals surface area contributed by atoms with Crippen molar-refractivity contribution >= 4 is 27.5 Å². The molecular weight excluding hydrogens is 1080 g/mol. The maximum absolute atomic E-state index is 13.1. The summed E-state index contributed by atoms with van der Waals surface area (Å²) >= 11 is 0. The number of aromatic hydroxyl groups is 3. The number of hydrogen-bond donors (Lipinski definition) is 8. The predicted molar refractivity (Wildman–Crippen MR) is 301 cm³/mol. The number of carbonyl (C=O) groups is 2. The highest BCUT2D eigenvalue weighted by Crippen LogP contribution is 2.40. The second-order valence-corrected chi connectivity index (χ2v) is 23.8. The lowest BCUT2D eigenvalue weighted by atomic mass is 9.95.